The highest BCUT2D eigenvalue weighted by Gasteiger charge is 2.25. The van der Waals surface area contributed by atoms with Crippen LogP contribution in [0.4, 0.5) is 5.82 Å². The smallest absolute Gasteiger partial charge is 0.228 e. The first-order valence-electron chi connectivity index (χ1n) is 4.58. The zero-order chi connectivity index (χ0) is 9.26. The van der Waals surface area contributed by atoms with Crippen LogP contribution >= 0.6 is 0 Å². The van der Waals surface area contributed by atoms with Crippen molar-refractivity contribution in [2.45, 2.75) is 26.2 Å². The number of anilines is 1. The summed E-state index contributed by atoms with van der Waals surface area (Å²) in [6, 6.07) is 0. The Hall–Kier alpha value is -1.32. The lowest BCUT2D eigenvalue weighted by Gasteiger charge is -2.23. The van der Waals surface area contributed by atoms with Gasteiger partial charge in [-0.25, -0.2) is 0 Å². The maximum absolute atomic E-state index is 11.5. The zero-order valence-corrected chi connectivity index (χ0v) is 7.63. The predicted molar refractivity (Wildman–Crippen MR) is 49.3 cm³/mol. The lowest BCUT2D eigenvalue weighted by Crippen LogP contribution is -2.28. The van der Waals surface area contributed by atoms with Gasteiger partial charge in [-0.05, 0) is 19.8 Å². The SMILES string of the molecule is Cc1cn[nH]c1NC(=O)C1CCC1. The molecule has 1 saturated carbocycles. The molecule has 0 aliphatic heterocycles. The van der Waals surface area contributed by atoms with Gasteiger partial charge in [0.25, 0.3) is 0 Å². The number of rotatable bonds is 2. The summed E-state index contributed by atoms with van der Waals surface area (Å²) >= 11 is 0. The van der Waals surface area contributed by atoms with Crippen molar-refractivity contribution in [2.24, 2.45) is 5.92 Å². The molecule has 1 aliphatic rings. The van der Waals surface area contributed by atoms with Crippen LogP contribution in [0.3, 0.4) is 0 Å². The maximum Gasteiger partial charge on any atom is 0.228 e. The second-order valence-corrected chi connectivity index (χ2v) is 3.55. The van der Waals surface area contributed by atoms with Gasteiger partial charge >= 0.3 is 0 Å². The Morgan fingerprint density at radius 1 is 1.69 bits per heavy atom. The second kappa shape index (κ2) is 3.20. The van der Waals surface area contributed by atoms with Crippen molar-refractivity contribution in [2.75, 3.05) is 5.32 Å². The van der Waals surface area contributed by atoms with E-state index in [2.05, 4.69) is 15.5 Å². The van der Waals surface area contributed by atoms with Crippen LogP contribution in [-0.2, 0) is 4.79 Å². The van der Waals surface area contributed by atoms with Crippen molar-refractivity contribution >= 4 is 11.7 Å². The monoisotopic (exact) mass is 179 g/mol. The number of amides is 1. The molecular formula is C9H13N3O. The van der Waals surface area contributed by atoms with E-state index in [1.165, 1.54) is 6.42 Å². The van der Waals surface area contributed by atoms with E-state index >= 15 is 0 Å². The number of hydrogen-bond donors (Lipinski definition) is 2. The highest BCUT2D eigenvalue weighted by molar-refractivity contribution is 5.92. The molecule has 1 aromatic heterocycles. The molecule has 0 bridgehead atoms. The van der Waals surface area contributed by atoms with Gasteiger partial charge in [0.15, 0.2) is 0 Å². The summed E-state index contributed by atoms with van der Waals surface area (Å²) in [6.45, 7) is 1.92. The van der Waals surface area contributed by atoms with Gasteiger partial charge in [-0.3, -0.25) is 9.89 Å². The summed E-state index contributed by atoms with van der Waals surface area (Å²) in [6.07, 6.45) is 4.94. The van der Waals surface area contributed by atoms with E-state index in [0.29, 0.717) is 0 Å². The molecule has 0 radical (unpaired) electrons. The molecular weight excluding hydrogens is 166 g/mol. The van der Waals surface area contributed by atoms with Gasteiger partial charge in [0, 0.05) is 11.5 Å². The van der Waals surface area contributed by atoms with Crippen LogP contribution in [-0.4, -0.2) is 16.1 Å². The number of hydrogen-bond acceptors (Lipinski definition) is 2. The Morgan fingerprint density at radius 3 is 2.92 bits per heavy atom. The molecule has 2 rings (SSSR count). The summed E-state index contributed by atoms with van der Waals surface area (Å²) < 4.78 is 0. The van der Waals surface area contributed by atoms with E-state index in [4.69, 9.17) is 0 Å². The van der Waals surface area contributed by atoms with Gasteiger partial charge in [0.2, 0.25) is 5.91 Å². The minimum Gasteiger partial charge on any atom is -0.311 e. The molecule has 70 valence electrons. The van der Waals surface area contributed by atoms with E-state index < -0.39 is 0 Å². The van der Waals surface area contributed by atoms with Gasteiger partial charge < -0.3 is 5.32 Å². The summed E-state index contributed by atoms with van der Waals surface area (Å²) in [7, 11) is 0. The Bertz CT molecular complexity index is 314. The summed E-state index contributed by atoms with van der Waals surface area (Å²) in [5, 5.41) is 9.43. The molecule has 0 spiro atoms. The Morgan fingerprint density at radius 2 is 2.46 bits per heavy atom. The summed E-state index contributed by atoms with van der Waals surface area (Å²) in [4.78, 5) is 11.5. The highest BCUT2D eigenvalue weighted by Crippen LogP contribution is 2.27. The predicted octanol–water partition coefficient (Wildman–Crippen LogP) is 1.46. The largest absolute Gasteiger partial charge is 0.311 e. The third-order valence-electron chi connectivity index (χ3n) is 2.55. The first-order chi connectivity index (χ1) is 6.27. The number of H-pyrrole nitrogens is 1. The normalized spacial score (nSPS) is 16.7. The Balaban J connectivity index is 1.97. The molecule has 0 atom stereocenters. The van der Waals surface area contributed by atoms with Crippen molar-refractivity contribution < 1.29 is 4.79 Å². The van der Waals surface area contributed by atoms with Crippen molar-refractivity contribution in [3.8, 4) is 0 Å². The molecule has 4 heteroatoms. The van der Waals surface area contributed by atoms with Gasteiger partial charge in [-0.1, -0.05) is 6.42 Å². The standard InChI is InChI=1S/C9H13N3O/c1-6-5-10-12-8(6)11-9(13)7-3-2-4-7/h5,7H,2-4H2,1H3,(H2,10,11,12,13). The number of carbonyl (C=O) groups is 1. The molecule has 1 amide bonds. The molecule has 1 heterocycles. The van der Waals surface area contributed by atoms with Crippen molar-refractivity contribution in [1.82, 2.24) is 10.2 Å². The fourth-order valence-electron chi connectivity index (χ4n) is 1.37. The molecule has 4 nitrogen and oxygen atoms in total. The number of carbonyl (C=O) groups excluding carboxylic acids is 1. The number of nitrogens with zero attached hydrogens (tertiary/aromatic N) is 1. The van der Waals surface area contributed by atoms with Crippen LogP contribution < -0.4 is 5.32 Å². The lowest BCUT2D eigenvalue weighted by molar-refractivity contribution is -0.122. The molecule has 0 aromatic carbocycles. The zero-order valence-electron chi connectivity index (χ0n) is 7.63. The Labute approximate surface area is 76.7 Å². The minimum absolute atomic E-state index is 0.124. The molecule has 0 unspecified atom stereocenters. The second-order valence-electron chi connectivity index (χ2n) is 3.55. The summed E-state index contributed by atoms with van der Waals surface area (Å²) in [5.74, 6) is 1.08. The molecule has 13 heavy (non-hydrogen) atoms. The minimum atomic E-state index is 0.124. The molecule has 0 saturated heterocycles. The fourth-order valence-corrected chi connectivity index (χ4v) is 1.37. The molecule has 2 N–H and O–H groups in total. The van der Waals surface area contributed by atoms with Crippen LogP contribution in [0.5, 0.6) is 0 Å². The fraction of sp³-hybridized carbons (Fsp3) is 0.556. The van der Waals surface area contributed by atoms with Crippen molar-refractivity contribution in [1.29, 1.82) is 0 Å². The first kappa shape index (κ1) is 8.29. The van der Waals surface area contributed by atoms with Crippen molar-refractivity contribution in [3.05, 3.63) is 11.8 Å². The van der Waals surface area contributed by atoms with Crippen LogP contribution in [0.2, 0.25) is 0 Å². The third-order valence-corrected chi connectivity index (χ3v) is 2.55. The van der Waals surface area contributed by atoms with Crippen LogP contribution in [0, 0.1) is 12.8 Å². The average molecular weight is 179 g/mol. The number of aryl methyl sites for hydroxylation is 1. The van der Waals surface area contributed by atoms with Gasteiger partial charge in [-0.15, -0.1) is 0 Å². The quantitative estimate of drug-likeness (QED) is 0.722. The first-order valence-corrected chi connectivity index (χ1v) is 4.58. The topological polar surface area (TPSA) is 57.8 Å². The van der Waals surface area contributed by atoms with Gasteiger partial charge in [0.1, 0.15) is 5.82 Å². The third kappa shape index (κ3) is 1.56. The molecule has 1 aromatic rings. The van der Waals surface area contributed by atoms with Gasteiger partial charge in [-0.2, -0.15) is 5.10 Å². The van der Waals surface area contributed by atoms with E-state index in [-0.39, 0.29) is 11.8 Å². The van der Waals surface area contributed by atoms with Crippen LogP contribution in [0.15, 0.2) is 6.20 Å². The van der Waals surface area contributed by atoms with E-state index in [1.807, 2.05) is 6.92 Å². The summed E-state index contributed by atoms with van der Waals surface area (Å²) in [5.41, 5.74) is 0.979. The molecule has 1 aliphatic carbocycles. The number of nitrogens with one attached hydrogen (secondary N) is 2. The Kier molecular flexibility index (Phi) is 2.04. The highest BCUT2D eigenvalue weighted by atomic mass is 16.2. The molecule has 1 fully saturated rings. The van der Waals surface area contributed by atoms with E-state index in [0.717, 1.165) is 24.2 Å². The van der Waals surface area contributed by atoms with Crippen LogP contribution in [0.1, 0.15) is 24.8 Å². The average Bonchev–Trinajstić information content (AvgIpc) is 2.32. The maximum atomic E-state index is 11.5. The van der Waals surface area contributed by atoms with E-state index in [1.54, 1.807) is 6.20 Å². The van der Waals surface area contributed by atoms with E-state index in [9.17, 15) is 4.79 Å². The lowest BCUT2D eigenvalue weighted by atomic mass is 9.85. The van der Waals surface area contributed by atoms with Gasteiger partial charge in [0.05, 0.1) is 6.20 Å². The number of aromatic amines is 1. The van der Waals surface area contributed by atoms with Crippen LogP contribution in [0.25, 0.3) is 0 Å². The number of aromatic nitrogens is 2. The van der Waals surface area contributed by atoms with Crippen molar-refractivity contribution in [3.63, 3.8) is 0 Å².